The molecule has 0 heterocycles. The van der Waals surface area contributed by atoms with E-state index in [4.69, 9.17) is 10.5 Å². The van der Waals surface area contributed by atoms with E-state index in [1.165, 1.54) is 38.5 Å². The first-order valence-electron chi connectivity index (χ1n) is 11.1. The van der Waals surface area contributed by atoms with Crippen LogP contribution < -0.4 is 16.4 Å². The van der Waals surface area contributed by atoms with Gasteiger partial charge in [-0.3, -0.25) is 4.79 Å². The number of alkyl carbamates (subject to hydrolysis) is 1. The molecule has 6 heteroatoms. The summed E-state index contributed by atoms with van der Waals surface area (Å²) in [5, 5.41) is 5.69. The molecule has 1 aliphatic rings. The molecule has 29 heavy (non-hydrogen) atoms. The van der Waals surface area contributed by atoms with Crippen LogP contribution in [0.15, 0.2) is 30.3 Å². The highest BCUT2D eigenvalue weighted by Crippen LogP contribution is 2.26. The number of amides is 2. The number of nitrogens with one attached hydrogen (secondary N) is 2. The predicted octanol–water partition coefficient (Wildman–Crippen LogP) is 3.89. The number of carbonyl (C=O) groups is 2. The third-order valence-corrected chi connectivity index (χ3v) is 5.57. The fraction of sp³-hybridized carbons (Fsp3) is 0.652. The maximum absolute atomic E-state index is 12.1. The van der Waals surface area contributed by atoms with Crippen LogP contribution in [0.5, 0.6) is 0 Å². The number of hydrogen-bond donors (Lipinski definition) is 3. The molecule has 1 aromatic rings. The summed E-state index contributed by atoms with van der Waals surface area (Å²) >= 11 is 0. The third kappa shape index (κ3) is 10.3. The molecule has 1 fully saturated rings. The van der Waals surface area contributed by atoms with Crippen LogP contribution in [0.3, 0.4) is 0 Å². The van der Waals surface area contributed by atoms with Crippen molar-refractivity contribution in [1.82, 2.24) is 10.6 Å². The standard InChI is InChI=1S/C23H37N3O3/c24-21(22(27)25-17-9-14-19-10-3-1-4-11-19)15-7-8-16-26-23(28)29-18-20-12-5-2-6-13-20/h2,5-6,12-13,19,21H,1,3-4,7-11,14-18,24H2,(H,25,27)(H,26,28)/t21-/m0/s1. The number of carbonyl (C=O) groups excluding carboxylic acids is 2. The molecule has 0 unspecified atom stereocenters. The second-order valence-corrected chi connectivity index (χ2v) is 8.03. The van der Waals surface area contributed by atoms with Gasteiger partial charge in [-0.15, -0.1) is 0 Å². The summed E-state index contributed by atoms with van der Waals surface area (Å²) < 4.78 is 5.15. The minimum absolute atomic E-state index is 0.0659. The van der Waals surface area contributed by atoms with E-state index in [0.29, 0.717) is 13.0 Å². The fourth-order valence-electron chi connectivity index (χ4n) is 3.79. The molecular formula is C23H37N3O3. The monoisotopic (exact) mass is 403 g/mol. The van der Waals surface area contributed by atoms with E-state index in [2.05, 4.69) is 10.6 Å². The number of ether oxygens (including phenoxy) is 1. The molecule has 2 amide bonds. The van der Waals surface area contributed by atoms with Crippen molar-refractivity contribution < 1.29 is 14.3 Å². The number of rotatable bonds is 12. The highest BCUT2D eigenvalue weighted by Gasteiger charge is 2.15. The summed E-state index contributed by atoms with van der Waals surface area (Å²) in [4.78, 5) is 23.7. The molecule has 2 rings (SSSR count). The summed E-state index contributed by atoms with van der Waals surface area (Å²) in [6.07, 6.45) is 10.8. The molecule has 0 spiro atoms. The Kier molecular flexibility index (Phi) is 11.2. The van der Waals surface area contributed by atoms with Crippen LogP contribution in [0.1, 0.15) is 69.8 Å². The maximum Gasteiger partial charge on any atom is 0.407 e. The Hall–Kier alpha value is -2.08. The van der Waals surface area contributed by atoms with Crippen LogP contribution in [0.25, 0.3) is 0 Å². The highest BCUT2D eigenvalue weighted by atomic mass is 16.5. The van der Waals surface area contributed by atoms with Crippen LogP contribution in [0.2, 0.25) is 0 Å². The molecular weight excluding hydrogens is 366 g/mol. The van der Waals surface area contributed by atoms with Crippen LogP contribution in [0.4, 0.5) is 4.79 Å². The molecule has 1 saturated carbocycles. The van der Waals surface area contributed by atoms with Gasteiger partial charge < -0.3 is 21.1 Å². The van der Waals surface area contributed by atoms with Gasteiger partial charge in [-0.25, -0.2) is 4.79 Å². The highest BCUT2D eigenvalue weighted by molar-refractivity contribution is 5.81. The van der Waals surface area contributed by atoms with E-state index in [-0.39, 0.29) is 12.5 Å². The van der Waals surface area contributed by atoms with Gasteiger partial charge in [0.05, 0.1) is 6.04 Å². The zero-order valence-electron chi connectivity index (χ0n) is 17.5. The zero-order chi connectivity index (χ0) is 20.7. The lowest BCUT2D eigenvalue weighted by Crippen LogP contribution is -2.41. The van der Waals surface area contributed by atoms with Crippen molar-refractivity contribution in [1.29, 1.82) is 0 Å². The number of hydrogen-bond acceptors (Lipinski definition) is 4. The van der Waals surface area contributed by atoms with Crippen molar-refractivity contribution in [3.05, 3.63) is 35.9 Å². The largest absolute Gasteiger partial charge is 0.445 e. The average molecular weight is 404 g/mol. The van der Waals surface area contributed by atoms with Crippen LogP contribution in [0, 0.1) is 5.92 Å². The lowest BCUT2D eigenvalue weighted by atomic mass is 9.86. The molecule has 0 bridgehead atoms. The number of nitrogens with two attached hydrogens (primary N) is 1. The van der Waals surface area contributed by atoms with Gasteiger partial charge in [0.15, 0.2) is 0 Å². The van der Waals surface area contributed by atoms with Crippen molar-refractivity contribution in [2.24, 2.45) is 11.7 Å². The topological polar surface area (TPSA) is 93.4 Å². The molecule has 1 atom stereocenters. The maximum atomic E-state index is 12.1. The van der Waals surface area contributed by atoms with E-state index in [1.807, 2.05) is 30.3 Å². The van der Waals surface area contributed by atoms with Gasteiger partial charge in [0.2, 0.25) is 5.91 Å². The second kappa shape index (κ2) is 14.0. The Morgan fingerprint density at radius 2 is 1.72 bits per heavy atom. The fourth-order valence-corrected chi connectivity index (χ4v) is 3.79. The van der Waals surface area contributed by atoms with Gasteiger partial charge >= 0.3 is 6.09 Å². The van der Waals surface area contributed by atoms with Crippen LogP contribution >= 0.6 is 0 Å². The lowest BCUT2D eigenvalue weighted by molar-refractivity contribution is -0.122. The average Bonchev–Trinajstić information content (AvgIpc) is 2.76. The van der Waals surface area contributed by atoms with Gasteiger partial charge in [-0.05, 0) is 43.6 Å². The molecule has 1 aliphatic carbocycles. The first-order chi connectivity index (χ1) is 14.1. The van der Waals surface area contributed by atoms with E-state index in [1.54, 1.807) is 0 Å². The summed E-state index contributed by atoms with van der Waals surface area (Å²) in [5.74, 6) is 0.782. The Bertz CT molecular complexity index is 588. The minimum atomic E-state index is -0.477. The van der Waals surface area contributed by atoms with Gasteiger partial charge in [0.25, 0.3) is 0 Å². The molecule has 1 aromatic carbocycles. The van der Waals surface area contributed by atoms with E-state index in [9.17, 15) is 9.59 Å². The first-order valence-corrected chi connectivity index (χ1v) is 11.1. The summed E-state index contributed by atoms with van der Waals surface area (Å²) in [7, 11) is 0. The quantitative estimate of drug-likeness (QED) is 0.462. The Labute approximate surface area is 175 Å². The van der Waals surface area contributed by atoms with Crippen LogP contribution in [-0.2, 0) is 16.1 Å². The van der Waals surface area contributed by atoms with Gasteiger partial charge in [0.1, 0.15) is 6.61 Å². The molecule has 6 nitrogen and oxygen atoms in total. The van der Waals surface area contributed by atoms with Crippen molar-refractivity contribution in [2.45, 2.75) is 76.9 Å². The van der Waals surface area contributed by atoms with Crippen LogP contribution in [-0.4, -0.2) is 31.1 Å². The van der Waals surface area contributed by atoms with Crippen molar-refractivity contribution in [3.8, 4) is 0 Å². The predicted molar refractivity (Wildman–Crippen MR) is 115 cm³/mol. The van der Waals surface area contributed by atoms with Gasteiger partial charge in [-0.2, -0.15) is 0 Å². The third-order valence-electron chi connectivity index (χ3n) is 5.57. The Morgan fingerprint density at radius 1 is 1.00 bits per heavy atom. The number of benzene rings is 1. The van der Waals surface area contributed by atoms with Crippen molar-refractivity contribution >= 4 is 12.0 Å². The first kappa shape index (κ1) is 23.2. The SMILES string of the molecule is N[C@@H](CCCCNC(=O)OCc1ccccc1)C(=O)NCCCC1CCCCC1. The van der Waals surface area contributed by atoms with E-state index >= 15 is 0 Å². The molecule has 162 valence electrons. The summed E-state index contributed by atoms with van der Waals surface area (Å²) in [5.41, 5.74) is 6.93. The second-order valence-electron chi connectivity index (χ2n) is 8.03. The zero-order valence-corrected chi connectivity index (χ0v) is 17.5. The minimum Gasteiger partial charge on any atom is -0.445 e. The van der Waals surface area contributed by atoms with E-state index in [0.717, 1.165) is 37.3 Å². The normalized spacial score (nSPS) is 15.5. The van der Waals surface area contributed by atoms with Crippen molar-refractivity contribution in [2.75, 3.05) is 13.1 Å². The van der Waals surface area contributed by atoms with Gasteiger partial charge in [0, 0.05) is 13.1 Å². The Balaban J connectivity index is 1.43. The number of unbranched alkanes of at least 4 members (excludes halogenated alkanes) is 1. The lowest BCUT2D eigenvalue weighted by Gasteiger charge is -2.21. The molecule has 0 aromatic heterocycles. The van der Waals surface area contributed by atoms with Crippen molar-refractivity contribution in [3.63, 3.8) is 0 Å². The summed E-state index contributed by atoms with van der Waals surface area (Å²) in [6.45, 7) is 1.50. The molecule has 0 radical (unpaired) electrons. The van der Waals surface area contributed by atoms with Gasteiger partial charge in [-0.1, -0.05) is 62.4 Å². The Morgan fingerprint density at radius 3 is 2.48 bits per heavy atom. The molecule has 0 aliphatic heterocycles. The smallest absolute Gasteiger partial charge is 0.407 e. The summed E-state index contributed by atoms with van der Waals surface area (Å²) in [6, 6.07) is 9.09. The van der Waals surface area contributed by atoms with E-state index < -0.39 is 12.1 Å². The molecule has 0 saturated heterocycles. The molecule has 4 N–H and O–H groups in total.